The maximum atomic E-state index is 14.3. The molecule has 4 heterocycles. The third-order valence-electron chi connectivity index (χ3n) is 9.46. The van der Waals surface area contributed by atoms with Crippen LogP contribution in [-0.2, 0) is 22.3 Å². The highest BCUT2D eigenvalue weighted by Crippen LogP contribution is 2.35. The number of carboxylic acids is 1. The summed E-state index contributed by atoms with van der Waals surface area (Å²) in [6.07, 6.45) is -9.90. The molecule has 13 nitrogen and oxygen atoms in total. The summed E-state index contributed by atoms with van der Waals surface area (Å²) in [5.41, 5.74) is 1.73. The zero-order valence-corrected chi connectivity index (χ0v) is 27.5. The van der Waals surface area contributed by atoms with E-state index >= 15 is 0 Å². The van der Waals surface area contributed by atoms with Gasteiger partial charge in [0, 0.05) is 42.6 Å². The average molecular weight is 709 g/mol. The number of benzene rings is 2. The highest BCUT2D eigenvalue weighted by Gasteiger charge is 2.53. The molecule has 1 amide bonds. The van der Waals surface area contributed by atoms with Crippen LogP contribution in [0.15, 0.2) is 60.9 Å². The van der Waals surface area contributed by atoms with Crippen molar-refractivity contribution in [2.24, 2.45) is 0 Å². The van der Waals surface area contributed by atoms with Gasteiger partial charge in [-0.25, -0.2) is 9.50 Å². The number of aromatic nitrogens is 3. The Labute approximate surface area is 290 Å². The third-order valence-corrected chi connectivity index (χ3v) is 9.46. The van der Waals surface area contributed by atoms with Crippen molar-refractivity contribution < 1.29 is 52.4 Å². The number of alkyl halides is 3. The lowest BCUT2D eigenvalue weighted by molar-refractivity contribution is -0.965. The molecular formula is C35H35F3N6O7. The predicted molar refractivity (Wildman–Crippen MR) is 172 cm³/mol. The minimum Gasteiger partial charge on any atom is -0.547 e. The molecule has 1 unspecified atom stereocenters. The summed E-state index contributed by atoms with van der Waals surface area (Å²) in [6.45, 7) is 2.71. The molecule has 2 aromatic carbocycles. The van der Waals surface area contributed by atoms with E-state index in [-0.39, 0.29) is 54.0 Å². The van der Waals surface area contributed by atoms with Gasteiger partial charge in [0.1, 0.15) is 24.0 Å². The Kier molecular flexibility index (Phi) is 9.88. The number of nitrogens with one attached hydrogen (secondary N) is 1. The minimum absolute atomic E-state index is 0.0177. The van der Waals surface area contributed by atoms with Crippen molar-refractivity contribution in [2.75, 3.05) is 38.5 Å². The van der Waals surface area contributed by atoms with Gasteiger partial charge in [0.2, 0.25) is 6.23 Å². The number of halogens is 3. The summed E-state index contributed by atoms with van der Waals surface area (Å²) in [5, 5.41) is 49.1. The van der Waals surface area contributed by atoms with Crippen LogP contribution in [0.25, 0.3) is 5.65 Å². The summed E-state index contributed by atoms with van der Waals surface area (Å²) in [6, 6.07) is 12.0. The van der Waals surface area contributed by atoms with Crippen LogP contribution in [0, 0.1) is 18.8 Å². The summed E-state index contributed by atoms with van der Waals surface area (Å²) in [5.74, 6) is 3.67. The van der Waals surface area contributed by atoms with Gasteiger partial charge in [-0.3, -0.25) is 14.2 Å². The van der Waals surface area contributed by atoms with Gasteiger partial charge in [0.15, 0.2) is 11.8 Å². The van der Waals surface area contributed by atoms with Crippen molar-refractivity contribution in [3.05, 3.63) is 94.4 Å². The third kappa shape index (κ3) is 7.45. The van der Waals surface area contributed by atoms with Crippen LogP contribution in [0.1, 0.15) is 38.3 Å². The first kappa shape index (κ1) is 35.9. The largest absolute Gasteiger partial charge is 0.547 e. The molecule has 6 rings (SSSR count). The summed E-state index contributed by atoms with van der Waals surface area (Å²) >= 11 is 0. The molecule has 51 heavy (non-hydrogen) atoms. The predicted octanol–water partition coefficient (Wildman–Crippen LogP) is 0.528. The van der Waals surface area contributed by atoms with Gasteiger partial charge in [-0.2, -0.15) is 18.3 Å². The van der Waals surface area contributed by atoms with E-state index in [2.05, 4.69) is 27.2 Å². The molecule has 4 N–H and O–H groups in total. The molecule has 2 saturated heterocycles. The standard InChI is InChI=1S/C35H35F3N6O7/c1-20-5-6-22(16-21(20)8-10-25-18-39-27-4-3-11-40-43(25)27)32(48)41-24-9-7-23(26(17-24)35(36,37)38)19-42-12-14-44(2,15-13-42)33-30(47)28(45)29(46)31(51-33)34(49)50/h3-7,9,11,16-18,28-31,33,45-47H,12-15,19H2,1-2H3,(H-,41,48,49,50)/t28-,29-,30+,31-,33?/m0/s1. The van der Waals surface area contributed by atoms with Gasteiger partial charge in [0.05, 0.1) is 37.9 Å². The van der Waals surface area contributed by atoms with E-state index in [0.29, 0.717) is 16.9 Å². The average Bonchev–Trinajstić information content (AvgIpc) is 3.51. The van der Waals surface area contributed by atoms with Crippen LogP contribution in [0.4, 0.5) is 18.9 Å². The van der Waals surface area contributed by atoms with Gasteiger partial charge in [-0.15, -0.1) is 0 Å². The number of aliphatic hydroxyl groups excluding tert-OH is 3. The number of hydrogen-bond acceptors (Lipinski definition) is 10. The number of fused-ring (bicyclic) bond motifs is 1. The fraction of sp³-hybridized carbons (Fsp3) is 0.371. The lowest BCUT2D eigenvalue weighted by Crippen LogP contribution is -2.73. The van der Waals surface area contributed by atoms with Crippen LogP contribution >= 0.6 is 0 Å². The molecule has 2 aliphatic heterocycles. The van der Waals surface area contributed by atoms with Gasteiger partial charge in [0.25, 0.3) is 5.91 Å². The number of carboxylic acid groups (broad SMARTS) is 1. The topological polar surface area (TPSA) is 173 Å². The molecule has 0 bridgehead atoms. The van der Waals surface area contributed by atoms with E-state index in [1.165, 1.54) is 12.1 Å². The Morgan fingerprint density at radius 2 is 1.80 bits per heavy atom. The van der Waals surface area contributed by atoms with Crippen molar-refractivity contribution in [1.82, 2.24) is 19.5 Å². The molecule has 0 saturated carbocycles. The Morgan fingerprint density at radius 1 is 1.06 bits per heavy atom. The number of likely N-dealkylation sites (N-methyl/N-ethyl adjacent to an activating group) is 1. The second-order valence-corrected chi connectivity index (χ2v) is 13.0. The van der Waals surface area contributed by atoms with Crippen molar-refractivity contribution in [2.45, 2.75) is 50.3 Å². The molecule has 2 aromatic heterocycles. The molecule has 2 aliphatic rings. The monoisotopic (exact) mass is 708 g/mol. The molecule has 4 aromatic rings. The van der Waals surface area contributed by atoms with E-state index < -0.39 is 54.3 Å². The Bertz CT molecular complexity index is 2020. The number of aryl methyl sites for hydroxylation is 1. The van der Waals surface area contributed by atoms with E-state index in [0.717, 1.165) is 11.6 Å². The maximum absolute atomic E-state index is 14.3. The first-order valence-electron chi connectivity index (χ1n) is 16.0. The van der Waals surface area contributed by atoms with Crippen LogP contribution < -0.4 is 10.4 Å². The summed E-state index contributed by atoms with van der Waals surface area (Å²) in [4.78, 5) is 30.7. The van der Waals surface area contributed by atoms with E-state index in [9.17, 15) is 43.2 Å². The maximum Gasteiger partial charge on any atom is 0.416 e. The summed E-state index contributed by atoms with van der Waals surface area (Å²) in [7, 11) is 1.67. The van der Waals surface area contributed by atoms with Gasteiger partial charge < -0.3 is 35.3 Å². The number of quaternary nitrogens is 1. The Hall–Kier alpha value is -4.89. The normalized spacial score (nSPS) is 23.7. The zero-order valence-electron chi connectivity index (χ0n) is 27.5. The number of piperazine rings is 1. The molecular weight excluding hydrogens is 673 g/mol. The second kappa shape index (κ2) is 14.0. The van der Waals surface area contributed by atoms with Crippen LogP contribution in [-0.4, -0.2) is 115 Å². The van der Waals surface area contributed by atoms with Gasteiger partial charge >= 0.3 is 6.18 Å². The van der Waals surface area contributed by atoms with Crippen molar-refractivity contribution >= 4 is 23.2 Å². The molecule has 0 aliphatic carbocycles. The number of rotatable bonds is 6. The first-order chi connectivity index (χ1) is 24.1. The Morgan fingerprint density at radius 3 is 2.51 bits per heavy atom. The number of nitrogens with zero attached hydrogens (tertiary/aromatic N) is 5. The SMILES string of the molecule is Cc1ccc(C(=O)Nc2ccc(CN3CC[N+](C)(C4O[C@H](C(=O)[O-])[C@@H](O)[C@H](O)[C@H]4O)CC3)c(C(F)(F)F)c2)cc1C#Cc1cnc2cccnn12. The van der Waals surface area contributed by atoms with Crippen molar-refractivity contribution in [3.8, 4) is 11.8 Å². The zero-order chi connectivity index (χ0) is 36.7. The molecule has 5 atom stereocenters. The Balaban J connectivity index is 1.14. The molecule has 2 fully saturated rings. The molecule has 0 spiro atoms. The van der Waals surface area contributed by atoms with Crippen LogP contribution in [0.3, 0.4) is 0 Å². The number of ether oxygens (including phenoxy) is 1. The molecule has 0 radical (unpaired) electrons. The number of hydrogen-bond donors (Lipinski definition) is 4. The number of carbonyl (C=O) groups is 2. The molecule has 16 heteroatoms. The van der Waals surface area contributed by atoms with Gasteiger partial charge in [-0.1, -0.05) is 18.1 Å². The number of anilines is 1. The van der Waals surface area contributed by atoms with Crippen molar-refractivity contribution in [3.63, 3.8) is 0 Å². The quantitative estimate of drug-likeness (QED) is 0.164. The van der Waals surface area contributed by atoms with E-state index in [1.807, 2.05) is 6.92 Å². The molecule has 268 valence electrons. The van der Waals surface area contributed by atoms with Crippen LogP contribution in [0.2, 0.25) is 0 Å². The van der Waals surface area contributed by atoms with E-state index in [4.69, 9.17) is 4.74 Å². The number of amides is 1. The van der Waals surface area contributed by atoms with Crippen LogP contribution in [0.5, 0.6) is 0 Å². The van der Waals surface area contributed by atoms with Gasteiger partial charge in [-0.05, 0) is 60.4 Å². The lowest BCUT2D eigenvalue weighted by Gasteiger charge is -2.51. The highest BCUT2D eigenvalue weighted by atomic mass is 19.4. The number of carbonyl (C=O) groups excluding carboxylic acids is 2. The smallest absolute Gasteiger partial charge is 0.416 e. The lowest BCUT2D eigenvalue weighted by atomic mass is 9.96. The first-order valence-corrected chi connectivity index (χ1v) is 16.0. The minimum atomic E-state index is -4.73. The number of aliphatic carboxylic acids is 1. The van der Waals surface area contributed by atoms with E-state index in [1.54, 1.807) is 59.2 Å². The number of imidazole rings is 1. The summed E-state index contributed by atoms with van der Waals surface area (Å²) < 4.78 is 49.9. The number of aliphatic hydroxyl groups is 3. The fourth-order valence-corrected chi connectivity index (χ4v) is 6.39. The highest BCUT2D eigenvalue weighted by molar-refractivity contribution is 6.04. The van der Waals surface area contributed by atoms with Crippen molar-refractivity contribution in [1.29, 1.82) is 0 Å². The second-order valence-electron chi connectivity index (χ2n) is 13.0. The fourth-order valence-electron chi connectivity index (χ4n) is 6.39.